The van der Waals surface area contributed by atoms with Gasteiger partial charge in [0, 0.05) is 0 Å². The lowest BCUT2D eigenvalue weighted by Gasteiger charge is -2.30. The molecule has 1 heterocycles. The molecule has 24 heavy (non-hydrogen) atoms. The second-order valence-electron chi connectivity index (χ2n) is 6.33. The van der Waals surface area contributed by atoms with E-state index in [1.54, 1.807) is 13.8 Å². The fourth-order valence-corrected chi connectivity index (χ4v) is 2.79. The van der Waals surface area contributed by atoms with Gasteiger partial charge in [0.05, 0.1) is 5.71 Å². The molecule has 0 spiro atoms. The molecular weight excluding hydrogens is 312 g/mol. The van der Waals surface area contributed by atoms with E-state index in [1.807, 2.05) is 0 Å². The summed E-state index contributed by atoms with van der Waals surface area (Å²) in [6.45, 7) is 6.82. The number of carboxylic acids is 1. The van der Waals surface area contributed by atoms with Crippen molar-refractivity contribution in [3.63, 3.8) is 0 Å². The number of hydrogen-bond donors (Lipinski definition) is 2. The van der Waals surface area contributed by atoms with E-state index in [9.17, 15) is 19.5 Å². The number of nitrogens with zero attached hydrogens (tertiary/aromatic N) is 1. The monoisotopic (exact) mass is 340 g/mol. The zero-order valence-corrected chi connectivity index (χ0v) is 15.0. The van der Waals surface area contributed by atoms with Crippen molar-refractivity contribution >= 4 is 23.6 Å². The van der Waals surface area contributed by atoms with E-state index in [4.69, 9.17) is 4.74 Å². The number of aliphatic carboxylic acids is 1. The molecule has 0 radical (unpaired) electrons. The van der Waals surface area contributed by atoms with Gasteiger partial charge in [-0.3, -0.25) is 14.4 Å². The molecule has 1 amide bonds. The first kappa shape index (κ1) is 20.1. The predicted octanol–water partition coefficient (Wildman–Crippen LogP) is 2.64. The molecule has 0 aromatic rings. The fourth-order valence-electron chi connectivity index (χ4n) is 2.79. The SMILES string of the molecule is CCCCCCC1=NNC(=O)C1(C)OC(=O)C(CC)(CC)C(=O)O. The van der Waals surface area contributed by atoms with E-state index in [2.05, 4.69) is 17.5 Å². The lowest BCUT2D eigenvalue weighted by atomic mass is 9.82. The number of esters is 1. The maximum atomic E-state index is 12.6. The van der Waals surface area contributed by atoms with Crippen LogP contribution in [0.1, 0.15) is 72.6 Å². The minimum Gasteiger partial charge on any atom is -0.480 e. The van der Waals surface area contributed by atoms with Crippen LogP contribution in [-0.2, 0) is 19.1 Å². The van der Waals surface area contributed by atoms with Gasteiger partial charge in [-0.2, -0.15) is 5.10 Å². The number of nitrogens with one attached hydrogen (secondary N) is 1. The summed E-state index contributed by atoms with van der Waals surface area (Å²) in [6.07, 6.45) is 4.72. The summed E-state index contributed by atoms with van der Waals surface area (Å²) < 4.78 is 5.43. The Hall–Kier alpha value is -1.92. The van der Waals surface area contributed by atoms with E-state index in [0.717, 1.165) is 25.7 Å². The maximum Gasteiger partial charge on any atom is 0.324 e. The topological polar surface area (TPSA) is 105 Å². The van der Waals surface area contributed by atoms with Gasteiger partial charge in [0.1, 0.15) is 0 Å². The number of rotatable bonds is 10. The molecule has 0 aliphatic carbocycles. The van der Waals surface area contributed by atoms with Crippen LogP contribution in [0, 0.1) is 5.41 Å². The summed E-state index contributed by atoms with van der Waals surface area (Å²) in [6, 6.07) is 0. The Labute approximate surface area is 142 Å². The molecule has 7 nitrogen and oxygen atoms in total. The first-order valence-corrected chi connectivity index (χ1v) is 8.62. The molecule has 1 aliphatic rings. The van der Waals surface area contributed by atoms with Crippen molar-refractivity contribution < 1.29 is 24.2 Å². The molecule has 0 aromatic carbocycles. The van der Waals surface area contributed by atoms with Crippen LogP contribution in [0.3, 0.4) is 0 Å². The van der Waals surface area contributed by atoms with E-state index >= 15 is 0 Å². The van der Waals surface area contributed by atoms with Gasteiger partial charge in [-0.15, -0.1) is 0 Å². The van der Waals surface area contributed by atoms with Crippen LogP contribution in [0.15, 0.2) is 5.10 Å². The Kier molecular flexibility index (Phi) is 6.93. The fraction of sp³-hybridized carbons (Fsp3) is 0.765. The van der Waals surface area contributed by atoms with Crippen LogP contribution in [0.5, 0.6) is 0 Å². The Balaban J connectivity index is 2.92. The number of hydrogen-bond acceptors (Lipinski definition) is 5. The van der Waals surface area contributed by atoms with E-state index in [0.29, 0.717) is 12.1 Å². The Bertz CT molecular complexity index is 525. The highest BCUT2D eigenvalue weighted by Gasteiger charge is 2.52. The third-order valence-electron chi connectivity index (χ3n) is 4.85. The van der Waals surface area contributed by atoms with E-state index < -0.39 is 28.9 Å². The number of amides is 1. The quantitative estimate of drug-likeness (QED) is 0.361. The van der Waals surface area contributed by atoms with Crippen molar-refractivity contribution in [2.24, 2.45) is 10.5 Å². The predicted molar refractivity (Wildman–Crippen MR) is 89.5 cm³/mol. The first-order chi connectivity index (χ1) is 11.3. The largest absolute Gasteiger partial charge is 0.480 e. The highest BCUT2D eigenvalue weighted by atomic mass is 16.6. The van der Waals surface area contributed by atoms with Gasteiger partial charge in [0.15, 0.2) is 5.41 Å². The van der Waals surface area contributed by atoms with Gasteiger partial charge in [-0.25, -0.2) is 5.43 Å². The van der Waals surface area contributed by atoms with Crippen molar-refractivity contribution in [1.29, 1.82) is 0 Å². The number of hydrazone groups is 1. The average Bonchev–Trinajstić information content (AvgIpc) is 2.80. The third-order valence-corrected chi connectivity index (χ3v) is 4.85. The van der Waals surface area contributed by atoms with Crippen LogP contribution in [0.4, 0.5) is 0 Å². The Morgan fingerprint density at radius 2 is 1.83 bits per heavy atom. The van der Waals surface area contributed by atoms with Crippen molar-refractivity contribution in [2.75, 3.05) is 0 Å². The summed E-state index contributed by atoms with van der Waals surface area (Å²) in [5, 5.41) is 13.4. The van der Waals surface area contributed by atoms with Crippen LogP contribution in [0.25, 0.3) is 0 Å². The lowest BCUT2D eigenvalue weighted by Crippen LogP contribution is -2.51. The molecule has 1 atom stereocenters. The van der Waals surface area contributed by atoms with Gasteiger partial charge in [0.2, 0.25) is 5.60 Å². The molecular formula is C17H28N2O5. The zero-order chi connectivity index (χ0) is 18.4. The van der Waals surface area contributed by atoms with Crippen molar-refractivity contribution in [2.45, 2.75) is 78.2 Å². The van der Waals surface area contributed by atoms with Gasteiger partial charge < -0.3 is 9.84 Å². The second-order valence-corrected chi connectivity index (χ2v) is 6.33. The normalized spacial score (nSPS) is 20.5. The number of ether oxygens (including phenoxy) is 1. The van der Waals surface area contributed by atoms with Crippen molar-refractivity contribution in [3.8, 4) is 0 Å². The molecule has 7 heteroatoms. The zero-order valence-electron chi connectivity index (χ0n) is 15.0. The molecule has 0 fully saturated rings. The molecule has 1 rings (SSSR count). The molecule has 1 unspecified atom stereocenters. The average molecular weight is 340 g/mol. The minimum atomic E-state index is -1.64. The van der Waals surface area contributed by atoms with Gasteiger partial charge in [-0.05, 0) is 32.6 Å². The van der Waals surface area contributed by atoms with Gasteiger partial charge in [-0.1, -0.05) is 40.0 Å². The molecule has 0 saturated carbocycles. The van der Waals surface area contributed by atoms with Crippen molar-refractivity contribution in [3.05, 3.63) is 0 Å². The second kappa shape index (κ2) is 8.26. The Morgan fingerprint density at radius 3 is 2.33 bits per heavy atom. The summed E-state index contributed by atoms with van der Waals surface area (Å²) in [5.74, 6) is -2.66. The summed E-state index contributed by atoms with van der Waals surface area (Å²) in [7, 11) is 0. The standard InChI is InChI=1S/C17H28N2O5/c1-5-8-9-10-11-12-16(4,13(20)19-18-12)24-15(23)17(6-2,7-3)14(21)22/h5-11H2,1-4H3,(H,19,20)(H,21,22). The number of unbranched alkanes of at least 4 members (excludes halogenated alkanes) is 3. The summed E-state index contributed by atoms with van der Waals surface area (Å²) in [5.41, 5.74) is -0.378. The van der Waals surface area contributed by atoms with E-state index in [-0.39, 0.29) is 12.8 Å². The molecule has 2 N–H and O–H groups in total. The number of carbonyl (C=O) groups is 3. The summed E-state index contributed by atoms with van der Waals surface area (Å²) >= 11 is 0. The van der Waals surface area contributed by atoms with Gasteiger partial charge >= 0.3 is 11.9 Å². The lowest BCUT2D eigenvalue weighted by molar-refractivity contribution is -0.178. The highest BCUT2D eigenvalue weighted by molar-refractivity contribution is 6.16. The van der Waals surface area contributed by atoms with Crippen molar-refractivity contribution in [1.82, 2.24) is 5.43 Å². The summed E-state index contributed by atoms with van der Waals surface area (Å²) in [4.78, 5) is 36.3. The first-order valence-electron chi connectivity index (χ1n) is 8.62. The van der Waals surface area contributed by atoms with E-state index in [1.165, 1.54) is 6.92 Å². The van der Waals surface area contributed by atoms with Crippen LogP contribution in [0.2, 0.25) is 0 Å². The van der Waals surface area contributed by atoms with Gasteiger partial charge in [0.25, 0.3) is 5.91 Å². The Morgan fingerprint density at radius 1 is 1.21 bits per heavy atom. The maximum absolute atomic E-state index is 12.6. The molecule has 1 aliphatic heterocycles. The minimum absolute atomic E-state index is 0.0956. The van der Waals surface area contributed by atoms with Crippen LogP contribution in [-0.4, -0.2) is 34.3 Å². The van der Waals surface area contributed by atoms with Crippen LogP contribution >= 0.6 is 0 Å². The smallest absolute Gasteiger partial charge is 0.324 e. The van der Waals surface area contributed by atoms with Crippen LogP contribution < -0.4 is 5.43 Å². The molecule has 0 bridgehead atoms. The molecule has 0 saturated heterocycles. The number of carbonyl (C=O) groups excluding carboxylic acids is 2. The highest BCUT2D eigenvalue weighted by Crippen LogP contribution is 2.32. The molecule has 0 aromatic heterocycles. The number of carboxylic acid groups (broad SMARTS) is 1. The molecule has 136 valence electrons. The third kappa shape index (κ3) is 3.76.